The number of fused-ring (bicyclic) bond motifs is 2. The molecule has 2 aliphatic carbocycles. The van der Waals surface area contributed by atoms with Crippen LogP contribution in [-0.4, -0.2) is 79.6 Å². The number of amides is 2. The number of nitrogens with zero attached hydrogens (tertiary/aromatic N) is 6. The van der Waals surface area contributed by atoms with E-state index in [9.17, 15) is 4.79 Å². The van der Waals surface area contributed by atoms with Crippen LogP contribution in [0.4, 0.5) is 4.79 Å². The van der Waals surface area contributed by atoms with Crippen LogP contribution in [0.5, 0.6) is 0 Å². The molecule has 0 radical (unpaired) electrons. The molecular weight excluding hydrogens is 660 g/mol. The fraction of sp³-hybridized carbons (Fsp3) is 0.463. The quantitative estimate of drug-likeness (QED) is 0.181. The maximum absolute atomic E-state index is 15.1. The molecular formula is C41H49ClN6O3. The highest BCUT2D eigenvalue weighted by atomic mass is 35.5. The van der Waals surface area contributed by atoms with Gasteiger partial charge in [0.1, 0.15) is 12.1 Å². The molecule has 2 amide bonds. The molecule has 7 rings (SSSR count). The van der Waals surface area contributed by atoms with Crippen LogP contribution in [0.2, 0.25) is 5.02 Å². The lowest BCUT2D eigenvalue weighted by Gasteiger charge is -2.45. The van der Waals surface area contributed by atoms with Crippen LogP contribution in [0.15, 0.2) is 73.2 Å². The largest absolute Gasteiger partial charge is 0.446 e. The molecule has 9 nitrogen and oxygen atoms in total. The summed E-state index contributed by atoms with van der Waals surface area (Å²) in [7, 11) is 0. The predicted molar refractivity (Wildman–Crippen MR) is 199 cm³/mol. The summed E-state index contributed by atoms with van der Waals surface area (Å²) >= 11 is 6.52. The SMILES string of the molecule is Cc1ncn(CCCN(Cc2ccccc2)C(=O)[C@H]2CN([C@H]3c4ccc(Cl)cc4CCc4cccnc43)CCN2C(=O)OC2CCCCC2)c1C. The van der Waals surface area contributed by atoms with Crippen LogP contribution in [0.1, 0.15) is 83.9 Å². The molecule has 1 saturated heterocycles. The van der Waals surface area contributed by atoms with Crippen molar-refractivity contribution >= 4 is 23.6 Å². The van der Waals surface area contributed by atoms with Gasteiger partial charge in [-0.1, -0.05) is 60.5 Å². The first-order chi connectivity index (χ1) is 24.9. The Morgan fingerprint density at radius 1 is 0.941 bits per heavy atom. The third-order valence-electron chi connectivity index (χ3n) is 11.1. The number of carbonyl (C=O) groups is 2. The average Bonchev–Trinajstić information content (AvgIpc) is 3.37. The van der Waals surface area contributed by atoms with Gasteiger partial charge in [-0.2, -0.15) is 0 Å². The molecule has 1 saturated carbocycles. The van der Waals surface area contributed by atoms with E-state index in [2.05, 4.69) is 51.7 Å². The van der Waals surface area contributed by atoms with E-state index < -0.39 is 6.04 Å². The number of aryl methyl sites for hydroxylation is 4. The molecule has 51 heavy (non-hydrogen) atoms. The first-order valence-corrected chi connectivity index (χ1v) is 19.0. The molecule has 0 spiro atoms. The molecule has 2 atom stereocenters. The van der Waals surface area contributed by atoms with Crippen LogP contribution in [-0.2, 0) is 35.5 Å². The summed E-state index contributed by atoms with van der Waals surface area (Å²) in [6, 6.07) is 19.5. The zero-order valence-corrected chi connectivity index (χ0v) is 30.6. The number of pyridine rings is 1. The first kappa shape index (κ1) is 35.2. The minimum absolute atomic E-state index is 0.0612. The van der Waals surface area contributed by atoms with Gasteiger partial charge in [0.2, 0.25) is 5.91 Å². The van der Waals surface area contributed by atoms with Crippen molar-refractivity contribution in [3.63, 3.8) is 0 Å². The lowest BCUT2D eigenvalue weighted by atomic mass is 9.95. The standard InChI is InChI=1S/C41H49ClN6O3/c1-29-30(2)47(28-44-29)22-10-21-46(26-31-11-5-3-6-12-31)40(49)37-27-45(23-24-48(37)41(50)51-35-14-7-4-8-15-35)39-36-19-18-34(42)25-33(36)17-16-32-13-9-20-43-38(32)39/h3,5-6,9,11-13,18-20,25,28,35,37,39H,4,7-8,10,14-17,21-24,26-27H2,1-2H3/t37-,39+/m1/s1. The number of hydrogen-bond donors (Lipinski definition) is 0. The number of imidazole rings is 1. The molecule has 3 aliphatic rings. The number of ether oxygens (including phenoxy) is 1. The monoisotopic (exact) mass is 708 g/mol. The molecule has 2 aromatic carbocycles. The maximum atomic E-state index is 15.1. The Labute approximate surface area is 306 Å². The van der Waals surface area contributed by atoms with E-state index in [-0.39, 0.29) is 24.1 Å². The lowest BCUT2D eigenvalue weighted by Crippen LogP contribution is -2.62. The van der Waals surface area contributed by atoms with Gasteiger partial charge in [-0.15, -0.1) is 0 Å². The molecule has 1 aliphatic heterocycles. The Bertz CT molecular complexity index is 1820. The van der Waals surface area contributed by atoms with Gasteiger partial charge < -0.3 is 14.2 Å². The zero-order chi connectivity index (χ0) is 35.3. The second kappa shape index (κ2) is 16.0. The third kappa shape index (κ3) is 8.00. The van der Waals surface area contributed by atoms with Crippen LogP contribution < -0.4 is 0 Å². The number of benzene rings is 2. The number of aromatic nitrogens is 3. The van der Waals surface area contributed by atoms with E-state index in [0.717, 1.165) is 79.7 Å². The number of hydrogen-bond acceptors (Lipinski definition) is 6. The van der Waals surface area contributed by atoms with Gasteiger partial charge in [-0.05, 0) is 99.2 Å². The van der Waals surface area contributed by atoms with Gasteiger partial charge in [0.25, 0.3) is 0 Å². The van der Waals surface area contributed by atoms with E-state index in [1.165, 1.54) is 17.5 Å². The predicted octanol–water partition coefficient (Wildman–Crippen LogP) is 7.31. The van der Waals surface area contributed by atoms with E-state index in [0.29, 0.717) is 37.7 Å². The van der Waals surface area contributed by atoms with Crippen molar-refractivity contribution in [3.05, 3.63) is 118 Å². The maximum Gasteiger partial charge on any atom is 0.410 e. The fourth-order valence-corrected chi connectivity index (χ4v) is 8.29. The fourth-order valence-electron chi connectivity index (χ4n) is 8.10. The second-order valence-corrected chi connectivity index (χ2v) is 14.8. The van der Waals surface area contributed by atoms with E-state index in [4.69, 9.17) is 21.3 Å². The molecule has 10 heteroatoms. The minimum Gasteiger partial charge on any atom is -0.446 e. The van der Waals surface area contributed by atoms with Gasteiger partial charge in [0, 0.05) is 56.2 Å². The van der Waals surface area contributed by atoms with Gasteiger partial charge in [-0.3, -0.25) is 19.6 Å². The number of rotatable bonds is 9. The van der Waals surface area contributed by atoms with Crippen LogP contribution in [0.3, 0.4) is 0 Å². The summed E-state index contributed by atoms with van der Waals surface area (Å²) in [5.74, 6) is -0.0612. The summed E-state index contributed by atoms with van der Waals surface area (Å²) in [5.41, 5.74) is 7.77. The highest BCUT2D eigenvalue weighted by Crippen LogP contribution is 2.38. The summed E-state index contributed by atoms with van der Waals surface area (Å²) in [6.07, 6.45) is 10.8. The third-order valence-corrected chi connectivity index (χ3v) is 11.3. The molecule has 0 unspecified atom stereocenters. The number of piperazine rings is 1. The summed E-state index contributed by atoms with van der Waals surface area (Å²) in [4.78, 5) is 44.5. The van der Waals surface area contributed by atoms with Crippen molar-refractivity contribution < 1.29 is 14.3 Å². The molecule has 0 bridgehead atoms. The van der Waals surface area contributed by atoms with E-state index >= 15 is 4.79 Å². The molecule has 2 fully saturated rings. The molecule has 3 heterocycles. The van der Waals surface area contributed by atoms with Gasteiger partial charge in [0.15, 0.2) is 0 Å². The minimum atomic E-state index is -0.720. The van der Waals surface area contributed by atoms with Crippen molar-refractivity contribution in [2.75, 3.05) is 26.2 Å². The van der Waals surface area contributed by atoms with E-state index in [1.54, 1.807) is 4.90 Å². The van der Waals surface area contributed by atoms with Crippen molar-refractivity contribution in [2.24, 2.45) is 0 Å². The highest BCUT2D eigenvalue weighted by Gasteiger charge is 2.42. The molecule has 4 aromatic rings. The Balaban J connectivity index is 1.21. The Hall–Kier alpha value is -4.21. The van der Waals surface area contributed by atoms with Crippen molar-refractivity contribution in [3.8, 4) is 0 Å². The van der Waals surface area contributed by atoms with Crippen LogP contribution in [0.25, 0.3) is 0 Å². The normalized spacial score (nSPS) is 19.5. The Kier molecular flexibility index (Phi) is 11.0. The summed E-state index contributed by atoms with van der Waals surface area (Å²) < 4.78 is 8.30. The Morgan fingerprint density at radius 3 is 2.53 bits per heavy atom. The summed E-state index contributed by atoms with van der Waals surface area (Å²) in [5, 5.41) is 0.715. The van der Waals surface area contributed by atoms with Crippen LogP contribution in [0, 0.1) is 13.8 Å². The Morgan fingerprint density at radius 2 is 1.75 bits per heavy atom. The lowest BCUT2D eigenvalue weighted by molar-refractivity contribution is -0.140. The van der Waals surface area contributed by atoms with Crippen molar-refractivity contribution in [1.29, 1.82) is 0 Å². The molecule has 0 N–H and O–H groups in total. The first-order valence-electron chi connectivity index (χ1n) is 18.6. The van der Waals surface area contributed by atoms with Gasteiger partial charge in [0.05, 0.1) is 23.8 Å². The number of carbonyl (C=O) groups excluding carboxylic acids is 2. The topological polar surface area (TPSA) is 83.8 Å². The van der Waals surface area contributed by atoms with Gasteiger partial charge >= 0.3 is 6.09 Å². The molecule has 268 valence electrons. The second-order valence-electron chi connectivity index (χ2n) is 14.3. The van der Waals surface area contributed by atoms with Gasteiger partial charge in [-0.25, -0.2) is 9.78 Å². The molecule has 2 aromatic heterocycles. The van der Waals surface area contributed by atoms with Crippen molar-refractivity contribution in [2.45, 2.75) is 96.5 Å². The average molecular weight is 709 g/mol. The van der Waals surface area contributed by atoms with Crippen molar-refractivity contribution in [1.82, 2.24) is 29.2 Å². The summed E-state index contributed by atoms with van der Waals surface area (Å²) in [6.45, 7) is 7.18. The number of halogens is 1. The van der Waals surface area contributed by atoms with Crippen LogP contribution >= 0.6 is 11.6 Å². The smallest absolute Gasteiger partial charge is 0.410 e. The highest BCUT2D eigenvalue weighted by molar-refractivity contribution is 6.30. The van der Waals surface area contributed by atoms with E-state index in [1.807, 2.05) is 54.7 Å². The zero-order valence-electron chi connectivity index (χ0n) is 29.8.